The molecule has 1 aromatic carbocycles. The number of ether oxygens (including phenoxy) is 2. The molecule has 1 atom stereocenters. The Morgan fingerprint density at radius 1 is 1.29 bits per heavy atom. The first kappa shape index (κ1) is 15.1. The van der Waals surface area contributed by atoms with Crippen LogP contribution in [0.5, 0.6) is 0 Å². The van der Waals surface area contributed by atoms with E-state index in [9.17, 15) is 9.59 Å². The van der Waals surface area contributed by atoms with E-state index in [1.165, 1.54) is 7.11 Å². The van der Waals surface area contributed by atoms with E-state index in [4.69, 9.17) is 4.74 Å². The lowest BCUT2D eigenvalue weighted by Crippen LogP contribution is -2.34. The topological polar surface area (TPSA) is 64.6 Å². The fourth-order valence-electron chi connectivity index (χ4n) is 2.25. The number of amides is 1. The zero-order chi connectivity index (χ0) is 15.1. The van der Waals surface area contributed by atoms with Crippen molar-refractivity contribution < 1.29 is 19.1 Å². The molecule has 1 aliphatic carbocycles. The van der Waals surface area contributed by atoms with Crippen LogP contribution in [0.3, 0.4) is 0 Å². The Morgan fingerprint density at radius 2 is 2.05 bits per heavy atom. The molecular weight excluding hydrogens is 270 g/mol. The third-order valence-electron chi connectivity index (χ3n) is 3.34. The summed E-state index contributed by atoms with van der Waals surface area (Å²) < 4.78 is 9.63. The van der Waals surface area contributed by atoms with Gasteiger partial charge in [-0.2, -0.15) is 0 Å². The number of rotatable bonds is 4. The molecule has 112 valence electrons. The van der Waals surface area contributed by atoms with Crippen LogP contribution in [0.25, 0.3) is 0 Å². The minimum absolute atomic E-state index is 0.201. The molecule has 0 radical (unpaired) electrons. The first-order chi connectivity index (χ1) is 10.2. The third kappa shape index (κ3) is 4.34. The van der Waals surface area contributed by atoms with Gasteiger partial charge in [-0.15, -0.1) is 0 Å². The van der Waals surface area contributed by atoms with Gasteiger partial charge >= 0.3 is 6.16 Å². The molecule has 5 nitrogen and oxygen atoms in total. The van der Waals surface area contributed by atoms with Gasteiger partial charge in [-0.3, -0.25) is 4.79 Å². The van der Waals surface area contributed by atoms with Crippen LogP contribution in [0.15, 0.2) is 42.0 Å². The summed E-state index contributed by atoms with van der Waals surface area (Å²) in [7, 11) is 1.25. The van der Waals surface area contributed by atoms with E-state index in [1.807, 2.05) is 36.4 Å². The molecule has 0 aliphatic heterocycles. The fourth-order valence-corrected chi connectivity index (χ4v) is 2.25. The van der Waals surface area contributed by atoms with Gasteiger partial charge in [0.1, 0.15) is 6.10 Å². The summed E-state index contributed by atoms with van der Waals surface area (Å²) in [5, 5.41) is 2.85. The highest BCUT2D eigenvalue weighted by Crippen LogP contribution is 2.22. The smallest absolute Gasteiger partial charge is 0.438 e. The second-order valence-electron chi connectivity index (χ2n) is 4.82. The lowest BCUT2D eigenvalue weighted by molar-refractivity contribution is -0.119. The van der Waals surface area contributed by atoms with Crippen LogP contribution in [0.1, 0.15) is 24.8 Å². The van der Waals surface area contributed by atoms with Gasteiger partial charge in [-0.05, 0) is 24.8 Å². The molecule has 0 spiro atoms. The van der Waals surface area contributed by atoms with Crippen LogP contribution in [-0.4, -0.2) is 25.3 Å². The lowest BCUT2D eigenvalue weighted by atomic mass is 9.95. The van der Waals surface area contributed by atoms with Crippen molar-refractivity contribution >= 4 is 12.1 Å². The highest BCUT2D eigenvalue weighted by atomic mass is 16.7. The molecule has 0 aromatic heterocycles. The maximum Gasteiger partial charge on any atom is 0.508 e. The van der Waals surface area contributed by atoms with E-state index in [0.717, 1.165) is 18.4 Å². The zero-order valence-electron chi connectivity index (χ0n) is 12.0. The van der Waals surface area contributed by atoms with Crippen molar-refractivity contribution in [2.24, 2.45) is 0 Å². The molecule has 5 heteroatoms. The molecule has 0 saturated heterocycles. The van der Waals surface area contributed by atoms with E-state index < -0.39 is 12.3 Å². The lowest BCUT2D eigenvalue weighted by Gasteiger charge is -2.23. The highest BCUT2D eigenvalue weighted by molar-refractivity contribution is 5.94. The van der Waals surface area contributed by atoms with Crippen molar-refractivity contribution in [3.05, 3.63) is 47.5 Å². The summed E-state index contributed by atoms with van der Waals surface area (Å²) in [6, 6.07) is 9.65. The first-order valence-electron chi connectivity index (χ1n) is 6.97. The van der Waals surface area contributed by atoms with Gasteiger partial charge in [0.25, 0.3) is 5.91 Å². The molecule has 1 unspecified atom stereocenters. The van der Waals surface area contributed by atoms with Gasteiger partial charge in [0.2, 0.25) is 0 Å². The maximum atomic E-state index is 12.2. The monoisotopic (exact) mass is 289 g/mol. The Bertz CT molecular complexity index is 524. The zero-order valence-corrected chi connectivity index (χ0v) is 12.0. The fraction of sp³-hybridized carbons (Fsp3) is 0.375. The van der Waals surface area contributed by atoms with Crippen molar-refractivity contribution in [1.82, 2.24) is 5.32 Å². The number of methoxy groups -OCH3 is 1. The van der Waals surface area contributed by atoms with Crippen LogP contribution < -0.4 is 5.32 Å². The van der Waals surface area contributed by atoms with E-state index in [-0.39, 0.29) is 5.91 Å². The van der Waals surface area contributed by atoms with Crippen LogP contribution in [0, 0.1) is 0 Å². The van der Waals surface area contributed by atoms with E-state index in [0.29, 0.717) is 18.5 Å². The second kappa shape index (κ2) is 7.47. The molecule has 0 saturated carbocycles. The normalized spacial score (nSPS) is 17.6. The summed E-state index contributed by atoms with van der Waals surface area (Å²) in [6.07, 6.45) is 2.88. The first-order valence-corrected chi connectivity index (χ1v) is 6.97. The number of carbonyl (C=O) groups is 2. The summed E-state index contributed by atoms with van der Waals surface area (Å²) in [5.41, 5.74) is 1.52. The minimum atomic E-state index is -0.761. The standard InChI is InChI=1S/C16H19NO4/c1-20-16(19)21-14-10-6-5-9-13(14)15(18)17-11-12-7-3-2-4-8-12/h2-4,7-9,14H,5-6,10-11H2,1H3,(H,17,18). The quantitative estimate of drug-likeness (QED) is 0.865. The van der Waals surface area contributed by atoms with Gasteiger partial charge in [0, 0.05) is 6.54 Å². The summed E-state index contributed by atoms with van der Waals surface area (Å²) in [4.78, 5) is 23.5. The predicted octanol–water partition coefficient (Wildman–Crippen LogP) is 2.56. The van der Waals surface area contributed by atoms with Gasteiger partial charge in [-0.25, -0.2) is 4.79 Å². The SMILES string of the molecule is COC(=O)OC1CCCC=C1C(=O)NCc1ccccc1. The van der Waals surface area contributed by atoms with Gasteiger partial charge in [0.05, 0.1) is 12.7 Å². The Labute approximate surface area is 123 Å². The van der Waals surface area contributed by atoms with Crippen molar-refractivity contribution in [3.63, 3.8) is 0 Å². The molecule has 1 aromatic rings. The van der Waals surface area contributed by atoms with Crippen LogP contribution >= 0.6 is 0 Å². The molecule has 1 N–H and O–H groups in total. The molecule has 1 aliphatic rings. The van der Waals surface area contributed by atoms with Crippen LogP contribution in [-0.2, 0) is 20.8 Å². The summed E-state index contributed by atoms with van der Waals surface area (Å²) in [6.45, 7) is 0.446. The molecule has 0 fully saturated rings. The number of carbonyl (C=O) groups excluding carboxylic acids is 2. The Balaban J connectivity index is 1.95. The Kier molecular flexibility index (Phi) is 5.37. The Morgan fingerprint density at radius 3 is 2.76 bits per heavy atom. The van der Waals surface area contributed by atoms with Gasteiger partial charge in [-0.1, -0.05) is 36.4 Å². The number of hydrogen-bond donors (Lipinski definition) is 1. The number of hydrogen-bond acceptors (Lipinski definition) is 4. The van der Waals surface area contributed by atoms with Crippen molar-refractivity contribution in [3.8, 4) is 0 Å². The molecule has 0 bridgehead atoms. The molecular formula is C16H19NO4. The Hall–Kier alpha value is -2.30. The second-order valence-corrected chi connectivity index (χ2v) is 4.82. The molecule has 2 rings (SSSR count). The number of allylic oxidation sites excluding steroid dienone is 1. The van der Waals surface area contributed by atoms with E-state index in [1.54, 1.807) is 0 Å². The van der Waals surface area contributed by atoms with Crippen molar-refractivity contribution in [1.29, 1.82) is 0 Å². The summed E-state index contributed by atoms with van der Waals surface area (Å²) >= 11 is 0. The van der Waals surface area contributed by atoms with Gasteiger partial charge in [0.15, 0.2) is 0 Å². The minimum Gasteiger partial charge on any atom is -0.438 e. The van der Waals surface area contributed by atoms with Gasteiger partial charge < -0.3 is 14.8 Å². The highest BCUT2D eigenvalue weighted by Gasteiger charge is 2.27. The number of benzene rings is 1. The number of nitrogens with one attached hydrogen (secondary N) is 1. The maximum absolute atomic E-state index is 12.2. The largest absolute Gasteiger partial charge is 0.508 e. The third-order valence-corrected chi connectivity index (χ3v) is 3.34. The van der Waals surface area contributed by atoms with Crippen molar-refractivity contribution in [2.75, 3.05) is 7.11 Å². The summed E-state index contributed by atoms with van der Waals surface area (Å²) in [5.74, 6) is -0.201. The van der Waals surface area contributed by atoms with Crippen LogP contribution in [0.4, 0.5) is 4.79 Å². The van der Waals surface area contributed by atoms with E-state index >= 15 is 0 Å². The predicted molar refractivity (Wildman–Crippen MR) is 77.5 cm³/mol. The average Bonchev–Trinajstić information content (AvgIpc) is 2.54. The van der Waals surface area contributed by atoms with Crippen molar-refractivity contribution in [2.45, 2.75) is 31.9 Å². The molecule has 0 heterocycles. The molecule has 21 heavy (non-hydrogen) atoms. The average molecular weight is 289 g/mol. The van der Waals surface area contributed by atoms with E-state index in [2.05, 4.69) is 10.1 Å². The van der Waals surface area contributed by atoms with Crippen LogP contribution in [0.2, 0.25) is 0 Å². The molecule has 1 amide bonds.